The van der Waals surface area contributed by atoms with Crippen LogP contribution in [0.2, 0.25) is 0 Å². The number of hydrogen-bond donors (Lipinski definition) is 4. The van der Waals surface area contributed by atoms with Crippen LogP contribution in [0.25, 0.3) is 0 Å². The average molecular weight is 417 g/mol. The Morgan fingerprint density at radius 3 is 1.41 bits per heavy atom. The molecule has 0 unspecified atom stereocenters. The van der Waals surface area contributed by atoms with Crippen LogP contribution in [0.4, 0.5) is 0 Å². The van der Waals surface area contributed by atoms with Gasteiger partial charge in [-0.1, -0.05) is 64.2 Å². The van der Waals surface area contributed by atoms with E-state index in [-0.39, 0.29) is 19.4 Å². The van der Waals surface area contributed by atoms with Gasteiger partial charge in [0.25, 0.3) is 0 Å². The number of rotatable bonds is 23. The molecule has 172 valence electrons. The third-order valence-electron chi connectivity index (χ3n) is 5.15. The molecule has 0 amide bonds. The van der Waals surface area contributed by atoms with Crippen molar-refractivity contribution in [1.29, 1.82) is 0 Å². The third-order valence-corrected chi connectivity index (χ3v) is 5.15. The van der Waals surface area contributed by atoms with E-state index in [4.69, 9.17) is 15.3 Å². The smallest absolute Gasteiger partial charge is 0.304 e. The molecule has 0 rings (SSSR count). The lowest BCUT2D eigenvalue weighted by atomic mass is 10.0. The Hall–Kier alpha value is -1.18. The summed E-state index contributed by atoms with van der Waals surface area (Å²) in [5, 5.41) is 29.5. The second-order valence-corrected chi connectivity index (χ2v) is 7.85. The minimum Gasteiger partial charge on any atom is -0.481 e. The van der Waals surface area contributed by atoms with Crippen molar-refractivity contribution in [3.05, 3.63) is 0 Å². The van der Waals surface area contributed by atoms with E-state index in [2.05, 4.69) is 5.32 Å². The van der Waals surface area contributed by atoms with E-state index in [1.807, 2.05) is 4.90 Å². The van der Waals surface area contributed by atoms with E-state index in [1.54, 1.807) is 0 Å². The number of aliphatic carboxylic acids is 2. The van der Waals surface area contributed by atoms with Gasteiger partial charge in [0.1, 0.15) is 0 Å². The van der Waals surface area contributed by atoms with Crippen LogP contribution >= 0.6 is 0 Å². The van der Waals surface area contributed by atoms with Crippen LogP contribution in [0.1, 0.15) is 89.9 Å². The number of aliphatic hydroxyl groups excluding tert-OH is 1. The van der Waals surface area contributed by atoms with Crippen molar-refractivity contribution in [2.75, 3.05) is 39.3 Å². The summed E-state index contributed by atoms with van der Waals surface area (Å²) >= 11 is 0. The SMILES string of the molecule is O=C(O)CCN(CCCCCCCCCCCCCCNCCO)CCC(=O)O. The standard InChI is InChI=1S/C22H44N2O5/c25-20-16-23-15-11-9-7-5-3-1-2-4-6-8-10-12-17-24(18-13-21(26)27)19-14-22(28)29/h23,25H,1-20H2,(H,26,27)(H,28,29). The summed E-state index contributed by atoms with van der Waals surface area (Å²) in [6, 6.07) is 0. The molecule has 0 saturated heterocycles. The van der Waals surface area contributed by atoms with Crippen molar-refractivity contribution in [2.24, 2.45) is 0 Å². The van der Waals surface area contributed by atoms with Gasteiger partial charge in [-0.25, -0.2) is 0 Å². The molecule has 0 heterocycles. The highest BCUT2D eigenvalue weighted by molar-refractivity contribution is 5.67. The maximum atomic E-state index is 10.7. The normalized spacial score (nSPS) is 11.2. The second kappa shape index (κ2) is 21.5. The molecule has 0 bridgehead atoms. The first kappa shape index (κ1) is 27.8. The first-order valence-electron chi connectivity index (χ1n) is 11.5. The van der Waals surface area contributed by atoms with Crippen molar-refractivity contribution in [3.63, 3.8) is 0 Å². The molecule has 0 aliphatic carbocycles. The summed E-state index contributed by atoms with van der Waals surface area (Å²) in [5.74, 6) is -1.67. The van der Waals surface area contributed by atoms with Crippen LogP contribution in [-0.2, 0) is 9.59 Å². The van der Waals surface area contributed by atoms with Crippen LogP contribution in [0.15, 0.2) is 0 Å². The molecule has 0 saturated carbocycles. The number of carboxylic acid groups (broad SMARTS) is 2. The fourth-order valence-electron chi connectivity index (χ4n) is 3.40. The largest absolute Gasteiger partial charge is 0.481 e. The second-order valence-electron chi connectivity index (χ2n) is 7.85. The van der Waals surface area contributed by atoms with Crippen molar-refractivity contribution in [3.8, 4) is 0 Å². The molecule has 29 heavy (non-hydrogen) atoms. The highest BCUT2D eigenvalue weighted by Crippen LogP contribution is 2.12. The maximum Gasteiger partial charge on any atom is 0.304 e. The zero-order chi connectivity index (χ0) is 21.6. The Kier molecular flexibility index (Phi) is 20.7. The number of unbranched alkanes of at least 4 members (excludes halogenated alkanes) is 11. The van der Waals surface area contributed by atoms with Crippen LogP contribution in [-0.4, -0.2) is 71.5 Å². The van der Waals surface area contributed by atoms with Crippen molar-refractivity contribution >= 4 is 11.9 Å². The Bertz CT molecular complexity index is 375. The van der Waals surface area contributed by atoms with Crippen LogP contribution in [0.3, 0.4) is 0 Å². The zero-order valence-corrected chi connectivity index (χ0v) is 18.2. The number of carboxylic acids is 2. The first-order valence-corrected chi connectivity index (χ1v) is 11.5. The van der Waals surface area contributed by atoms with Crippen molar-refractivity contribution < 1.29 is 24.9 Å². The molecule has 0 atom stereocenters. The molecule has 0 aromatic carbocycles. The number of aliphatic hydroxyl groups is 1. The fraction of sp³-hybridized carbons (Fsp3) is 0.909. The number of carbonyl (C=O) groups is 2. The number of hydrogen-bond acceptors (Lipinski definition) is 5. The predicted octanol–water partition coefficient (Wildman–Crippen LogP) is 3.50. The summed E-state index contributed by atoms with van der Waals surface area (Å²) in [7, 11) is 0. The number of nitrogens with one attached hydrogen (secondary N) is 1. The monoisotopic (exact) mass is 416 g/mol. The minimum absolute atomic E-state index is 0.0697. The van der Waals surface area contributed by atoms with Crippen LogP contribution in [0, 0.1) is 0 Å². The topological polar surface area (TPSA) is 110 Å². The molecular weight excluding hydrogens is 372 g/mol. The molecule has 0 fully saturated rings. The molecular formula is C22H44N2O5. The molecule has 0 aliphatic rings. The molecule has 0 spiro atoms. The number of nitrogens with zero attached hydrogens (tertiary/aromatic N) is 1. The van der Waals surface area contributed by atoms with E-state index in [1.165, 1.54) is 64.2 Å². The van der Waals surface area contributed by atoms with Crippen LogP contribution < -0.4 is 5.32 Å². The summed E-state index contributed by atoms with van der Waals surface area (Å²) in [6.07, 6.45) is 15.1. The van der Waals surface area contributed by atoms with Gasteiger partial charge in [-0.3, -0.25) is 9.59 Å². The maximum absolute atomic E-state index is 10.7. The van der Waals surface area contributed by atoms with Gasteiger partial charge in [-0.05, 0) is 25.9 Å². The van der Waals surface area contributed by atoms with E-state index in [9.17, 15) is 9.59 Å². The average Bonchev–Trinajstić information content (AvgIpc) is 2.68. The summed E-state index contributed by atoms with van der Waals surface area (Å²) < 4.78 is 0. The van der Waals surface area contributed by atoms with E-state index < -0.39 is 11.9 Å². The quantitative estimate of drug-likeness (QED) is 0.189. The lowest BCUT2D eigenvalue weighted by molar-refractivity contribution is -0.137. The van der Waals surface area contributed by atoms with Gasteiger partial charge in [0.15, 0.2) is 0 Å². The van der Waals surface area contributed by atoms with Gasteiger partial charge in [0.2, 0.25) is 0 Å². The van der Waals surface area contributed by atoms with E-state index in [0.717, 1.165) is 25.9 Å². The summed E-state index contributed by atoms with van der Waals surface area (Å²) in [4.78, 5) is 23.4. The third kappa shape index (κ3) is 23.0. The molecule has 0 radical (unpaired) electrons. The van der Waals surface area contributed by atoms with Gasteiger partial charge in [0.05, 0.1) is 19.4 Å². The Balaban J connectivity index is 3.42. The Morgan fingerprint density at radius 1 is 0.586 bits per heavy atom. The van der Waals surface area contributed by atoms with Crippen molar-refractivity contribution in [2.45, 2.75) is 89.9 Å². The zero-order valence-electron chi connectivity index (χ0n) is 18.2. The first-order chi connectivity index (χ1) is 14.1. The Labute approximate surface area is 176 Å². The van der Waals surface area contributed by atoms with Crippen molar-refractivity contribution in [1.82, 2.24) is 10.2 Å². The molecule has 7 nitrogen and oxygen atoms in total. The highest BCUT2D eigenvalue weighted by Gasteiger charge is 2.09. The molecule has 0 aromatic rings. The minimum atomic E-state index is -0.833. The molecule has 0 aromatic heterocycles. The fourth-order valence-corrected chi connectivity index (χ4v) is 3.40. The molecule has 7 heteroatoms. The van der Waals surface area contributed by atoms with Gasteiger partial charge < -0.3 is 25.5 Å². The Morgan fingerprint density at radius 2 is 1.00 bits per heavy atom. The summed E-state index contributed by atoms with van der Waals surface area (Å²) in [6.45, 7) is 3.59. The van der Waals surface area contributed by atoms with Gasteiger partial charge in [-0.15, -0.1) is 0 Å². The van der Waals surface area contributed by atoms with Crippen LogP contribution in [0.5, 0.6) is 0 Å². The van der Waals surface area contributed by atoms with E-state index >= 15 is 0 Å². The predicted molar refractivity (Wildman–Crippen MR) is 116 cm³/mol. The lowest BCUT2D eigenvalue weighted by Crippen LogP contribution is -2.30. The molecule has 4 N–H and O–H groups in total. The molecule has 0 aliphatic heterocycles. The van der Waals surface area contributed by atoms with Gasteiger partial charge >= 0.3 is 11.9 Å². The summed E-state index contributed by atoms with van der Waals surface area (Å²) in [5.41, 5.74) is 0. The highest BCUT2D eigenvalue weighted by atomic mass is 16.4. The van der Waals surface area contributed by atoms with E-state index in [0.29, 0.717) is 19.6 Å². The lowest BCUT2D eigenvalue weighted by Gasteiger charge is -2.20. The van der Waals surface area contributed by atoms with Gasteiger partial charge in [0, 0.05) is 19.6 Å². The van der Waals surface area contributed by atoms with Gasteiger partial charge in [-0.2, -0.15) is 0 Å².